The van der Waals surface area contributed by atoms with Crippen molar-refractivity contribution in [1.82, 2.24) is 29.7 Å². The van der Waals surface area contributed by atoms with Gasteiger partial charge >= 0.3 is 0 Å². The Morgan fingerprint density at radius 3 is 2.00 bits per heavy atom. The van der Waals surface area contributed by atoms with Gasteiger partial charge in [0.15, 0.2) is 5.75 Å². The molecule has 20 heteroatoms. The number of benzene rings is 4. The summed E-state index contributed by atoms with van der Waals surface area (Å²) >= 11 is 1.59. The number of phenols is 1. The number of fused-ring (bicyclic) bond motifs is 2. The average Bonchev–Trinajstić information content (AvgIpc) is 3.64. The summed E-state index contributed by atoms with van der Waals surface area (Å²) in [6.07, 6.45) is 0. The number of rotatable bonds is 12. The highest BCUT2D eigenvalue weighted by atomic mass is 35.5. The molecule has 0 bridgehead atoms. The summed E-state index contributed by atoms with van der Waals surface area (Å²) < 4.78 is 36.7. The monoisotopic (exact) mass is 859 g/mol. The van der Waals surface area contributed by atoms with Crippen molar-refractivity contribution in [2.45, 2.75) is 11.8 Å². The number of halogens is 1. The lowest BCUT2D eigenvalue weighted by Gasteiger charge is -2.36. The molecule has 0 saturated carbocycles. The molecule has 0 spiro atoms. The minimum absolute atomic E-state index is 0. The first-order valence-corrected chi connectivity index (χ1v) is 21.3. The van der Waals surface area contributed by atoms with Gasteiger partial charge in [0.1, 0.15) is 15.6 Å². The number of aromatic nitrogens is 4. The lowest BCUT2D eigenvalue weighted by atomic mass is 10.1. The van der Waals surface area contributed by atoms with E-state index in [0.29, 0.717) is 53.1 Å². The van der Waals surface area contributed by atoms with E-state index in [1.165, 1.54) is 6.07 Å². The van der Waals surface area contributed by atoms with Crippen molar-refractivity contribution in [1.29, 1.82) is 0 Å². The average molecular weight is 860 g/mol. The van der Waals surface area contributed by atoms with Gasteiger partial charge < -0.3 is 31.7 Å². The molecule has 4 heterocycles. The number of thiazole rings is 1. The molecule has 0 amide bonds. The van der Waals surface area contributed by atoms with Crippen molar-refractivity contribution in [3.8, 4) is 16.3 Å². The Morgan fingerprint density at radius 2 is 1.41 bits per heavy atom. The zero-order valence-corrected chi connectivity index (χ0v) is 34.8. The van der Waals surface area contributed by atoms with Crippen LogP contribution in [0.5, 0.6) is 5.75 Å². The van der Waals surface area contributed by atoms with E-state index in [2.05, 4.69) is 41.2 Å². The Bertz CT molecular complexity index is 2530. The number of piperazine rings is 2. The molecule has 2 aliphatic heterocycles. The summed E-state index contributed by atoms with van der Waals surface area (Å²) in [5.41, 5.74) is 15.1. The van der Waals surface area contributed by atoms with Gasteiger partial charge in [-0.3, -0.25) is 14.4 Å². The van der Waals surface area contributed by atoms with Gasteiger partial charge in [0.25, 0.3) is 10.1 Å². The van der Waals surface area contributed by atoms with Gasteiger partial charge in [0.2, 0.25) is 17.8 Å². The number of nitrogens with two attached hydrogens (primary N) is 2. The summed E-state index contributed by atoms with van der Waals surface area (Å²) in [4.78, 5) is 27.5. The molecule has 17 nitrogen and oxygen atoms in total. The molecular formula is C39H46ClN13O4S2. The molecule has 2 saturated heterocycles. The zero-order valence-electron chi connectivity index (χ0n) is 32.4. The first-order chi connectivity index (χ1) is 28.0. The molecule has 0 atom stereocenters. The highest BCUT2D eigenvalue weighted by Gasteiger charge is 2.25. The van der Waals surface area contributed by atoms with Gasteiger partial charge in [-0.05, 0) is 78.5 Å². The third-order valence-corrected chi connectivity index (χ3v) is 12.3. The van der Waals surface area contributed by atoms with E-state index in [4.69, 9.17) is 31.4 Å². The summed E-state index contributed by atoms with van der Waals surface area (Å²) in [6.45, 7) is 11.2. The maximum Gasteiger partial charge on any atom is 0.296 e. The van der Waals surface area contributed by atoms with Crippen molar-refractivity contribution >= 4 is 89.8 Å². The summed E-state index contributed by atoms with van der Waals surface area (Å²) in [5, 5.41) is 24.5. The van der Waals surface area contributed by atoms with Crippen molar-refractivity contribution < 1.29 is 18.1 Å². The Morgan fingerprint density at radius 1 is 0.780 bits per heavy atom. The highest BCUT2D eigenvalue weighted by Crippen LogP contribution is 2.42. The fourth-order valence-electron chi connectivity index (χ4n) is 7.19. The first-order valence-electron chi connectivity index (χ1n) is 19.1. The summed E-state index contributed by atoms with van der Waals surface area (Å²) in [7, 11) is -4.84. The number of aromatic hydroxyl groups is 1. The molecule has 2 aliphatic rings. The predicted molar refractivity (Wildman–Crippen MR) is 235 cm³/mol. The first kappa shape index (κ1) is 42.0. The minimum atomic E-state index is -4.84. The second-order valence-corrected chi connectivity index (χ2v) is 16.8. The number of hydrogen-bond acceptors (Lipinski definition) is 17. The number of aryl methyl sites for hydroxylation is 1. The van der Waals surface area contributed by atoms with Crippen LogP contribution in [0.3, 0.4) is 0 Å². The van der Waals surface area contributed by atoms with Crippen molar-refractivity contribution in [3.05, 3.63) is 72.3 Å². The second-order valence-electron chi connectivity index (χ2n) is 14.3. The fourth-order valence-corrected chi connectivity index (χ4v) is 8.91. The third-order valence-electron chi connectivity index (χ3n) is 10.3. The Labute approximate surface area is 352 Å². The molecule has 0 unspecified atom stereocenters. The standard InChI is InChI=1S/C39H45N13O4S2.ClH/c1-25-2-9-31-32(22-25)57-36(43-31)26-3-5-28(6-4-26)47-48-34-33(58(54,55)56)24-27-23-29(7-8-30(27)35(34)53)42-37-44-38(51-18-14-49(12-10-40)15-19-51)46-39(45-37)52-20-16-50(13-11-41)17-21-52;/h2-9,22-24,53H,10-21,40-41H2,1H3,(H,54,55,56)(H,42,44,45,46);1H. The van der Waals surface area contributed by atoms with E-state index in [9.17, 15) is 18.1 Å². The Balaban J connectivity index is 0.00000528. The quantitative estimate of drug-likeness (QED) is 0.0777. The lowest BCUT2D eigenvalue weighted by molar-refractivity contribution is 0.262. The number of azo groups is 1. The Kier molecular flexibility index (Phi) is 12.8. The number of nitrogens with zero attached hydrogens (tertiary/aromatic N) is 10. The van der Waals surface area contributed by atoms with Gasteiger partial charge in [-0.25, -0.2) is 4.98 Å². The summed E-state index contributed by atoms with van der Waals surface area (Å²) in [6, 6.07) is 19.5. The van der Waals surface area contributed by atoms with Gasteiger partial charge in [-0.2, -0.15) is 28.5 Å². The van der Waals surface area contributed by atoms with Crippen LogP contribution in [0.1, 0.15) is 5.56 Å². The van der Waals surface area contributed by atoms with Crippen LogP contribution in [0, 0.1) is 6.92 Å². The molecule has 8 rings (SSSR count). The summed E-state index contributed by atoms with van der Waals surface area (Å²) in [5.74, 6) is 0.955. The van der Waals surface area contributed by atoms with Crippen LogP contribution in [-0.4, -0.2) is 126 Å². The van der Waals surface area contributed by atoms with E-state index >= 15 is 0 Å². The van der Waals surface area contributed by atoms with Gasteiger partial charge in [0.05, 0.1) is 15.9 Å². The van der Waals surface area contributed by atoms with Crippen molar-refractivity contribution in [2.75, 3.05) is 93.7 Å². The molecule has 0 radical (unpaired) electrons. The SMILES string of the molecule is Cc1ccc2nc(-c3ccc(N=Nc4c(S(=O)(=O)O)cc5cc(Nc6nc(N7CCN(CCN)CC7)nc(N7CCN(CCN)CC7)n6)ccc5c4O)cc3)sc2c1.Cl. The molecule has 2 fully saturated rings. The van der Waals surface area contributed by atoms with E-state index in [1.807, 2.05) is 31.2 Å². The molecule has 0 aliphatic carbocycles. The predicted octanol–water partition coefficient (Wildman–Crippen LogP) is 5.30. The van der Waals surface area contributed by atoms with Crippen LogP contribution in [-0.2, 0) is 10.1 Å². The number of anilines is 4. The van der Waals surface area contributed by atoms with Crippen LogP contribution >= 0.6 is 23.7 Å². The molecule has 2 aromatic heterocycles. The molecule has 6 aromatic rings. The van der Waals surface area contributed by atoms with E-state index < -0.39 is 20.8 Å². The number of nitrogens with one attached hydrogen (secondary N) is 1. The van der Waals surface area contributed by atoms with E-state index in [1.54, 1.807) is 41.7 Å². The maximum absolute atomic E-state index is 12.7. The normalized spacial score (nSPS) is 15.7. The van der Waals surface area contributed by atoms with Crippen molar-refractivity contribution in [3.63, 3.8) is 0 Å². The number of hydrogen-bond donors (Lipinski definition) is 5. The van der Waals surface area contributed by atoms with Crippen LogP contribution in [0.15, 0.2) is 81.9 Å². The molecule has 59 heavy (non-hydrogen) atoms. The van der Waals surface area contributed by atoms with Crippen LogP contribution in [0.25, 0.3) is 31.6 Å². The van der Waals surface area contributed by atoms with Gasteiger partial charge in [-0.15, -0.1) is 28.9 Å². The topological polar surface area (TPSA) is 228 Å². The molecular weight excluding hydrogens is 814 g/mol. The van der Waals surface area contributed by atoms with Gasteiger partial charge in [0, 0.05) is 95.2 Å². The van der Waals surface area contributed by atoms with Crippen LogP contribution < -0.4 is 26.6 Å². The van der Waals surface area contributed by atoms with Gasteiger partial charge in [-0.1, -0.05) is 6.07 Å². The largest absolute Gasteiger partial charge is 0.505 e. The molecule has 310 valence electrons. The van der Waals surface area contributed by atoms with E-state index in [0.717, 1.165) is 91.8 Å². The molecule has 4 aromatic carbocycles. The Hall–Kier alpha value is -5.12. The highest BCUT2D eigenvalue weighted by molar-refractivity contribution is 7.86. The lowest BCUT2D eigenvalue weighted by Crippen LogP contribution is -2.49. The third kappa shape index (κ3) is 9.53. The van der Waals surface area contributed by atoms with Crippen molar-refractivity contribution in [2.24, 2.45) is 21.7 Å². The smallest absolute Gasteiger partial charge is 0.296 e. The van der Waals surface area contributed by atoms with Crippen LogP contribution in [0.4, 0.5) is 34.9 Å². The molecule has 7 N–H and O–H groups in total. The fraction of sp³-hybridized carbons (Fsp3) is 0.333. The van der Waals surface area contributed by atoms with E-state index in [-0.39, 0.29) is 18.1 Å². The number of phenolic OH excluding ortho intramolecular Hbond substituents is 1. The minimum Gasteiger partial charge on any atom is -0.505 e. The zero-order chi connectivity index (χ0) is 40.4. The second kappa shape index (κ2) is 18.0. The van der Waals surface area contributed by atoms with Crippen LogP contribution in [0.2, 0.25) is 0 Å². The maximum atomic E-state index is 12.7.